The fraction of sp³-hybridized carbons (Fsp3) is 0.526. The first-order valence-corrected chi connectivity index (χ1v) is 7.98. The maximum absolute atomic E-state index is 12.7. The Balaban J connectivity index is 2.33. The summed E-state index contributed by atoms with van der Waals surface area (Å²) in [5.74, 6) is -1.79. The van der Waals surface area contributed by atoms with E-state index in [1.165, 1.54) is 0 Å². The Hall–Kier alpha value is -2.15. The van der Waals surface area contributed by atoms with Crippen molar-refractivity contribution in [3.8, 4) is 6.07 Å². The molecule has 122 valence electrons. The highest BCUT2D eigenvalue weighted by Crippen LogP contribution is 2.35. The van der Waals surface area contributed by atoms with Crippen molar-refractivity contribution in [3.63, 3.8) is 0 Å². The molecule has 2 atom stereocenters. The smallest absolute Gasteiger partial charge is 0.248 e. The van der Waals surface area contributed by atoms with Crippen LogP contribution < -0.4 is 0 Å². The van der Waals surface area contributed by atoms with Gasteiger partial charge in [-0.05, 0) is 24.3 Å². The number of amides is 1. The van der Waals surface area contributed by atoms with Gasteiger partial charge in [0.1, 0.15) is 5.54 Å². The molecular weight excluding hydrogens is 288 g/mol. The zero-order valence-electron chi connectivity index (χ0n) is 14.3. The molecule has 23 heavy (non-hydrogen) atoms. The molecule has 1 heterocycles. The van der Waals surface area contributed by atoms with Crippen molar-refractivity contribution in [2.24, 2.45) is 11.3 Å². The minimum atomic E-state index is -1.16. The van der Waals surface area contributed by atoms with Gasteiger partial charge in [0.05, 0.1) is 6.07 Å². The maximum Gasteiger partial charge on any atom is 0.248 e. The molecule has 1 aliphatic heterocycles. The van der Waals surface area contributed by atoms with E-state index in [1.54, 1.807) is 11.8 Å². The number of rotatable bonds is 4. The minimum Gasteiger partial charge on any atom is -0.328 e. The lowest BCUT2D eigenvalue weighted by Gasteiger charge is -2.35. The lowest BCUT2D eigenvalue weighted by Crippen LogP contribution is -2.49. The van der Waals surface area contributed by atoms with Crippen molar-refractivity contribution in [1.29, 1.82) is 5.26 Å². The Kier molecular flexibility index (Phi) is 4.61. The van der Waals surface area contributed by atoms with Crippen LogP contribution in [0.2, 0.25) is 0 Å². The van der Waals surface area contributed by atoms with Crippen LogP contribution in [0.3, 0.4) is 0 Å². The van der Waals surface area contributed by atoms with Crippen LogP contribution in [0, 0.1) is 22.7 Å². The topological polar surface area (TPSA) is 61.2 Å². The van der Waals surface area contributed by atoms with Crippen molar-refractivity contribution in [2.75, 3.05) is 6.54 Å². The summed E-state index contributed by atoms with van der Waals surface area (Å²) in [6.45, 7) is 8.60. The van der Waals surface area contributed by atoms with E-state index in [0.717, 1.165) is 12.0 Å². The van der Waals surface area contributed by atoms with E-state index in [2.05, 4.69) is 20.8 Å². The van der Waals surface area contributed by atoms with Crippen LogP contribution in [0.15, 0.2) is 30.3 Å². The van der Waals surface area contributed by atoms with Gasteiger partial charge in [-0.2, -0.15) is 5.26 Å². The fourth-order valence-corrected chi connectivity index (χ4v) is 3.05. The lowest BCUT2D eigenvalue weighted by molar-refractivity contribution is -0.133. The lowest BCUT2D eigenvalue weighted by atomic mass is 9.85. The average Bonchev–Trinajstić information content (AvgIpc) is 2.64. The molecule has 0 N–H and O–H groups in total. The molecule has 2 rings (SSSR count). The third kappa shape index (κ3) is 3.44. The molecule has 1 aromatic carbocycles. The van der Waals surface area contributed by atoms with Gasteiger partial charge in [-0.25, -0.2) is 0 Å². The van der Waals surface area contributed by atoms with E-state index >= 15 is 0 Å². The molecule has 0 spiro atoms. The molecule has 0 aromatic heterocycles. The molecule has 1 aromatic rings. The van der Waals surface area contributed by atoms with E-state index in [4.69, 9.17) is 0 Å². The van der Waals surface area contributed by atoms with Crippen molar-refractivity contribution in [2.45, 2.75) is 46.1 Å². The summed E-state index contributed by atoms with van der Waals surface area (Å²) in [4.78, 5) is 26.9. The number of carbonyl (C=O) groups is 2. The molecule has 1 aliphatic rings. The first-order valence-electron chi connectivity index (χ1n) is 7.98. The average molecular weight is 312 g/mol. The van der Waals surface area contributed by atoms with E-state index in [1.807, 2.05) is 36.4 Å². The van der Waals surface area contributed by atoms with Gasteiger partial charge >= 0.3 is 0 Å². The summed E-state index contributed by atoms with van der Waals surface area (Å²) < 4.78 is 0. The van der Waals surface area contributed by atoms with Crippen LogP contribution in [0.4, 0.5) is 0 Å². The molecule has 4 nitrogen and oxygen atoms in total. The van der Waals surface area contributed by atoms with Crippen molar-refractivity contribution in [1.82, 2.24) is 4.90 Å². The maximum atomic E-state index is 12.7. The number of likely N-dealkylation sites (tertiary alicyclic amines) is 1. The summed E-state index contributed by atoms with van der Waals surface area (Å²) in [6, 6.07) is 11.5. The Morgan fingerprint density at radius 3 is 2.35 bits per heavy atom. The normalized spacial score (nSPS) is 24.8. The summed E-state index contributed by atoms with van der Waals surface area (Å²) in [5, 5.41) is 9.23. The van der Waals surface area contributed by atoms with E-state index in [-0.39, 0.29) is 17.1 Å². The van der Waals surface area contributed by atoms with Crippen LogP contribution >= 0.6 is 0 Å². The van der Waals surface area contributed by atoms with Crippen LogP contribution in [0.1, 0.15) is 39.7 Å². The molecule has 1 amide bonds. The Bertz CT molecular complexity index is 640. The predicted octanol–water partition coefficient (Wildman–Crippen LogP) is 2.98. The SMILES string of the molecule is CC(C)(C)CCN1C(=O)C(C#N)C(=O)C1(C)Cc1ccccc1. The highest BCUT2D eigenvalue weighted by molar-refractivity contribution is 6.14. The minimum absolute atomic E-state index is 0.0573. The molecule has 0 saturated carbocycles. The quantitative estimate of drug-likeness (QED) is 0.803. The van der Waals surface area contributed by atoms with Gasteiger partial charge < -0.3 is 4.90 Å². The highest BCUT2D eigenvalue weighted by Gasteiger charge is 2.55. The highest BCUT2D eigenvalue weighted by atomic mass is 16.2. The van der Waals surface area contributed by atoms with Gasteiger partial charge in [0.2, 0.25) is 5.91 Å². The third-order valence-corrected chi connectivity index (χ3v) is 4.51. The number of benzene rings is 1. The number of nitriles is 1. The van der Waals surface area contributed by atoms with E-state index < -0.39 is 11.5 Å². The summed E-state index contributed by atoms with van der Waals surface area (Å²) in [7, 11) is 0. The van der Waals surface area contributed by atoms with Crippen LogP contribution in [0.5, 0.6) is 0 Å². The molecule has 0 radical (unpaired) electrons. The number of ketones is 1. The predicted molar refractivity (Wildman–Crippen MR) is 88.4 cm³/mol. The molecule has 4 heteroatoms. The molecule has 0 bridgehead atoms. The largest absolute Gasteiger partial charge is 0.328 e. The third-order valence-electron chi connectivity index (χ3n) is 4.51. The first-order chi connectivity index (χ1) is 10.7. The number of nitrogens with zero attached hydrogens (tertiary/aromatic N) is 2. The zero-order chi connectivity index (χ0) is 17.3. The van der Waals surface area contributed by atoms with Crippen molar-refractivity contribution >= 4 is 11.7 Å². The van der Waals surface area contributed by atoms with Gasteiger partial charge in [-0.1, -0.05) is 51.1 Å². The second-order valence-corrected chi connectivity index (χ2v) is 7.66. The molecule has 1 fully saturated rings. The summed E-state index contributed by atoms with van der Waals surface area (Å²) >= 11 is 0. The number of carbonyl (C=O) groups excluding carboxylic acids is 2. The van der Waals surface area contributed by atoms with Crippen LogP contribution in [0.25, 0.3) is 0 Å². The van der Waals surface area contributed by atoms with Crippen LogP contribution in [-0.2, 0) is 16.0 Å². The number of hydrogen-bond donors (Lipinski definition) is 0. The Morgan fingerprint density at radius 2 is 1.83 bits per heavy atom. The summed E-state index contributed by atoms with van der Waals surface area (Å²) in [5.41, 5.74) is 0.113. The van der Waals surface area contributed by atoms with Gasteiger partial charge in [0, 0.05) is 13.0 Å². The molecule has 0 aliphatic carbocycles. The zero-order valence-corrected chi connectivity index (χ0v) is 14.3. The van der Waals surface area contributed by atoms with Crippen molar-refractivity contribution in [3.05, 3.63) is 35.9 Å². The van der Waals surface area contributed by atoms with Gasteiger partial charge in [0.15, 0.2) is 11.7 Å². The van der Waals surface area contributed by atoms with Gasteiger partial charge in [-0.3, -0.25) is 9.59 Å². The molecular formula is C19H24N2O2. The second kappa shape index (κ2) is 6.16. The van der Waals surface area contributed by atoms with Crippen molar-refractivity contribution < 1.29 is 9.59 Å². The summed E-state index contributed by atoms with van der Waals surface area (Å²) in [6.07, 6.45) is 1.23. The molecule has 1 saturated heterocycles. The monoisotopic (exact) mass is 312 g/mol. The van der Waals surface area contributed by atoms with Crippen LogP contribution in [-0.4, -0.2) is 28.7 Å². The Morgan fingerprint density at radius 1 is 1.22 bits per heavy atom. The van der Waals surface area contributed by atoms with E-state index in [0.29, 0.717) is 13.0 Å². The van der Waals surface area contributed by atoms with E-state index in [9.17, 15) is 14.9 Å². The number of Topliss-reactive ketones (excluding diaryl/α,β-unsaturated/α-hetero) is 1. The standard InChI is InChI=1S/C19H24N2O2/c1-18(2,3)10-11-21-17(23)15(13-20)16(22)19(21,4)12-14-8-6-5-7-9-14/h5-9,15H,10-12H2,1-4H3. The number of hydrogen-bond acceptors (Lipinski definition) is 3. The molecule has 2 unspecified atom stereocenters. The van der Waals surface area contributed by atoms with Gasteiger partial charge in [0.25, 0.3) is 0 Å². The first kappa shape index (κ1) is 17.2. The Labute approximate surface area is 138 Å². The second-order valence-electron chi connectivity index (χ2n) is 7.66. The van der Waals surface area contributed by atoms with Gasteiger partial charge in [-0.15, -0.1) is 0 Å². The fourth-order valence-electron chi connectivity index (χ4n) is 3.05.